The first-order valence-electron chi connectivity index (χ1n) is 14.1. The molecule has 0 unspecified atom stereocenters. The molecule has 0 aliphatic heterocycles. The van der Waals surface area contributed by atoms with Crippen LogP contribution in [0.3, 0.4) is 0 Å². The molecule has 0 radical (unpaired) electrons. The van der Waals surface area contributed by atoms with E-state index < -0.39 is 0 Å². The molecule has 0 saturated carbocycles. The van der Waals surface area contributed by atoms with E-state index in [4.69, 9.17) is 21.1 Å². The van der Waals surface area contributed by atoms with Crippen LogP contribution in [-0.4, -0.2) is 14.5 Å². The van der Waals surface area contributed by atoms with Crippen molar-refractivity contribution >= 4 is 21.9 Å². The van der Waals surface area contributed by atoms with Gasteiger partial charge in [0.1, 0.15) is 5.82 Å². The fraction of sp³-hybridized carbons (Fsp3) is 0.211. The maximum atomic E-state index is 6.69. The normalized spacial score (nSPS) is 11.3. The Hall–Kier alpha value is -4.19. The molecule has 0 fully saturated rings. The summed E-state index contributed by atoms with van der Waals surface area (Å²) in [6, 6.07) is 35.2. The summed E-state index contributed by atoms with van der Waals surface area (Å²) in [4.78, 5) is 9.67. The third-order valence-electron chi connectivity index (χ3n) is 7.11. The van der Waals surface area contributed by atoms with Gasteiger partial charge in [-0.25, -0.2) is 4.98 Å². The Bertz CT molecular complexity index is 1890. The van der Waals surface area contributed by atoms with Crippen LogP contribution < -0.4 is 4.74 Å². The number of hydrogen-bond acceptors (Lipinski definition) is 3. The van der Waals surface area contributed by atoms with Gasteiger partial charge in [-0.15, -0.1) is 35.4 Å². The van der Waals surface area contributed by atoms with Crippen molar-refractivity contribution < 1.29 is 25.8 Å². The second-order valence-corrected chi connectivity index (χ2v) is 12.3. The Morgan fingerprint density at radius 1 is 0.767 bits per heavy atom. The number of nitrogens with zero attached hydrogens (tertiary/aromatic N) is 3. The smallest absolute Gasteiger partial charge is 0.466 e. The van der Waals surface area contributed by atoms with Gasteiger partial charge in [0.15, 0.2) is 5.65 Å². The number of hydrogen-bond donors (Lipinski definition) is 0. The minimum Gasteiger partial charge on any atom is -0.466 e. The van der Waals surface area contributed by atoms with Crippen LogP contribution in [0.5, 0.6) is 11.6 Å². The van der Waals surface area contributed by atoms with Crippen molar-refractivity contribution in [2.24, 2.45) is 0 Å². The van der Waals surface area contributed by atoms with Crippen molar-refractivity contribution in [2.75, 3.05) is 0 Å². The minimum absolute atomic E-state index is 0. The first-order valence-corrected chi connectivity index (χ1v) is 14.1. The number of ether oxygens (including phenoxy) is 1. The summed E-state index contributed by atoms with van der Waals surface area (Å²) < 4.78 is 8.31. The minimum atomic E-state index is 0. The van der Waals surface area contributed by atoms with Gasteiger partial charge in [-0.05, 0) is 40.7 Å². The van der Waals surface area contributed by atoms with Gasteiger partial charge in [0.25, 0.3) is 0 Å². The second-order valence-electron chi connectivity index (χ2n) is 12.3. The third kappa shape index (κ3) is 7.24. The van der Waals surface area contributed by atoms with E-state index in [0.29, 0.717) is 11.6 Å². The van der Waals surface area contributed by atoms with Crippen molar-refractivity contribution in [2.45, 2.75) is 52.4 Å². The van der Waals surface area contributed by atoms with E-state index in [1.165, 1.54) is 11.1 Å². The van der Waals surface area contributed by atoms with Gasteiger partial charge < -0.3 is 11.2 Å². The molecule has 3 heterocycles. The molecule has 4 nitrogen and oxygen atoms in total. The SMILES string of the molecule is CC(C)(C)c1cc[c-]c(Oc2ccc3c4ccccc4n(-c4cc(C(C)(C)C)ccn4)c3n2)c1.[C-]#Cc1ccccc1.[Pt+2]. The monoisotopic (exact) mass is 744 g/mol. The zero-order valence-corrected chi connectivity index (χ0v) is 27.7. The van der Waals surface area contributed by atoms with Gasteiger partial charge >= 0.3 is 21.1 Å². The number of benzene rings is 3. The van der Waals surface area contributed by atoms with E-state index >= 15 is 0 Å². The summed E-state index contributed by atoms with van der Waals surface area (Å²) in [5.41, 5.74) is 5.19. The average Bonchev–Trinajstić information content (AvgIpc) is 3.31. The van der Waals surface area contributed by atoms with Gasteiger partial charge in [-0.2, -0.15) is 17.1 Å². The molecule has 0 spiro atoms. The van der Waals surface area contributed by atoms with Gasteiger partial charge in [0.05, 0.1) is 5.52 Å². The summed E-state index contributed by atoms with van der Waals surface area (Å²) in [6.45, 7) is 13.2. The molecular weight excluding hydrogens is 710 g/mol. The maximum absolute atomic E-state index is 6.69. The summed E-state index contributed by atoms with van der Waals surface area (Å²) in [6.07, 6.45) is 8.57. The van der Waals surface area contributed by atoms with Crippen LogP contribution >= 0.6 is 0 Å². The molecule has 0 atom stereocenters. The zero-order chi connectivity index (χ0) is 29.9. The Balaban J connectivity index is 0.000000409. The molecule has 6 rings (SSSR count). The Kier molecular flexibility index (Phi) is 9.58. The standard InChI is InChI=1S/C30H30N3O.C8H5.Pt/c1-29(2,3)20-10-9-11-22(18-20)34-27-15-14-24-23-12-7-8-13-25(23)33(28(24)32-27)26-19-21(16-17-31-26)30(4,5)6;1-2-8-6-4-3-5-7-8;/h7-10,12-19H,1-6H3;3-7H;/q2*-1;+2. The average molecular weight is 745 g/mol. The van der Waals surface area contributed by atoms with Crippen LogP contribution in [0.15, 0.2) is 103 Å². The van der Waals surface area contributed by atoms with E-state index in [2.05, 4.69) is 107 Å². The molecule has 3 aromatic heterocycles. The number of para-hydroxylation sites is 1. The maximum Gasteiger partial charge on any atom is 2.00 e. The molecule has 5 heteroatoms. The summed E-state index contributed by atoms with van der Waals surface area (Å²) in [7, 11) is 0. The van der Waals surface area contributed by atoms with E-state index in [9.17, 15) is 0 Å². The van der Waals surface area contributed by atoms with Crippen LogP contribution in [0.4, 0.5) is 0 Å². The van der Waals surface area contributed by atoms with Crippen molar-refractivity contribution in [1.29, 1.82) is 0 Å². The Morgan fingerprint density at radius 2 is 1.44 bits per heavy atom. The van der Waals surface area contributed by atoms with Crippen molar-refractivity contribution in [3.05, 3.63) is 132 Å². The molecule has 218 valence electrons. The number of fused-ring (bicyclic) bond motifs is 3. The third-order valence-corrected chi connectivity index (χ3v) is 7.11. The fourth-order valence-electron chi connectivity index (χ4n) is 4.72. The van der Waals surface area contributed by atoms with Crippen molar-refractivity contribution in [1.82, 2.24) is 14.5 Å². The number of pyridine rings is 2. The predicted molar refractivity (Wildman–Crippen MR) is 172 cm³/mol. The molecule has 43 heavy (non-hydrogen) atoms. The second kappa shape index (κ2) is 13.0. The number of aromatic nitrogens is 3. The van der Waals surface area contributed by atoms with Gasteiger partial charge in [0, 0.05) is 28.8 Å². The van der Waals surface area contributed by atoms with E-state index in [1.807, 2.05) is 54.7 Å². The molecule has 0 saturated heterocycles. The van der Waals surface area contributed by atoms with Crippen LogP contribution in [0.25, 0.3) is 27.8 Å². The molecule has 0 N–H and O–H groups in total. The molecule has 6 aromatic rings. The Labute approximate surface area is 269 Å². The molecule has 0 aliphatic carbocycles. The molecule has 3 aromatic carbocycles. The van der Waals surface area contributed by atoms with Crippen molar-refractivity contribution in [3.63, 3.8) is 0 Å². The first-order chi connectivity index (χ1) is 20.0. The van der Waals surface area contributed by atoms with Crippen molar-refractivity contribution in [3.8, 4) is 23.4 Å². The largest absolute Gasteiger partial charge is 2.00 e. The molecule has 0 bridgehead atoms. The summed E-state index contributed by atoms with van der Waals surface area (Å²) in [5.74, 6) is 4.32. The zero-order valence-electron chi connectivity index (χ0n) is 25.4. The molecule has 0 aliphatic rings. The quantitative estimate of drug-likeness (QED) is 0.134. The van der Waals surface area contributed by atoms with Crippen LogP contribution in [0, 0.1) is 18.4 Å². The number of rotatable bonds is 3. The van der Waals surface area contributed by atoms with Gasteiger partial charge in [-0.3, -0.25) is 10.5 Å². The van der Waals surface area contributed by atoms with Gasteiger partial charge in [-0.1, -0.05) is 77.9 Å². The first kappa shape index (κ1) is 31.7. The molecular formula is C38H35N3OPt. The van der Waals surface area contributed by atoms with Crippen LogP contribution in [-0.2, 0) is 31.9 Å². The summed E-state index contributed by atoms with van der Waals surface area (Å²) in [5, 5.41) is 2.21. The van der Waals surface area contributed by atoms with E-state index in [1.54, 1.807) is 0 Å². The summed E-state index contributed by atoms with van der Waals surface area (Å²) >= 11 is 0. The molecule has 0 amide bonds. The Morgan fingerprint density at radius 3 is 2.12 bits per heavy atom. The van der Waals surface area contributed by atoms with Gasteiger partial charge in [0.2, 0.25) is 5.88 Å². The van der Waals surface area contributed by atoms with Crippen LogP contribution in [0.2, 0.25) is 0 Å². The van der Waals surface area contributed by atoms with E-state index in [-0.39, 0.29) is 31.9 Å². The predicted octanol–water partition coefficient (Wildman–Crippen LogP) is 9.38. The van der Waals surface area contributed by atoms with E-state index in [0.717, 1.165) is 33.3 Å². The fourth-order valence-corrected chi connectivity index (χ4v) is 4.72. The topological polar surface area (TPSA) is 39.9 Å². The van der Waals surface area contributed by atoms with Crippen LogP contribution in [0.1, 0.15) is 58.2 Å².